The Bertz CT molecular complexity index is 385. The molecule has 0 saturated carbocycles. The van der Waals surface area contributed by atoms with E-state index in [0.29, 0.717) is 17.2 Å². The highest BCUT2D eigenvalue weighted by Gasteiger charge is 2.16. The van der Waals surface area contributed by atoms with Crippen LogP contribution >= 0.6 is 12.4 Å². The number of rotatable bonds is 7. The fourth-order valence-electron chi connectivity index (χ4n) is 1.78. The van der Waals surface area contributed by atoms with Gasteiger partial charge in [0.2, 0.25) is 5.75 Å². The Balaban J connectivity index is 0.00000324. The summed E-state index contributed by atoms with van der Waals surface area (Å²) in [5, 5.41) is 0. The van der Waals surface area contributed by atoms with Crippen molar-refractivity contribution < 1.29 is 14.2 Å². The van der Waals surface area contributed by atoms with Gasteiger partial charge in [-0.1, -0.05) is 6.08 Å². The molecule has 0 aliphatic heterocycles. The van der Waals surface area contributed by atoms with Crippen molar-refractivity contribution in [2.45, 2.75) is 18.9 Å². The third-order valence-corrected chi connectivity index (χ3v) is 2.80. The van der Waals surface area contributed by atoms with Gasteiger partial charge in [0.15, 0.2) is 11.5 Å². The van der Waals surface area contributed by atoms with Crippen molar-refractivity contribution in [2.24, 2.45) is 5.73 Å². The minimum Gasteiger partial charge on any atom is -0.493 e. The average molecular weight is 288 g/mol. The van der Waals surface area contributed by atoms with Crippen LogP contribution in [0.15, 0.2) is 24.8 Å². The first-order valence-electron chi connectivity index (χ1n) is 5.84. The molecule has 0 aromatic heterocycles. The van der Waals surface area contributed by atoms with Gasteiger partial charge in [0.25, 0.3) is 0 Å². The van der Waals surface area contributed by atoms with Crippen molar-refractivity contribution in [1.82, 2.24) is 0 Å². The molecule has 0 bridgehead atoms. The van der Waals surface area contributed by atoms with Gasteiger partial charge >= 0.3 is 0 Å². The van der Waals surface area contributed by atoms with Crippen LogP contribution in [0.5, 0.6) is 17.2 Å². The first kappa shape index (κ1) is 17.6. The lowest BCUT2D eigenvalue weighted by molar-refractivity contribution is 0.323. The second-order valence-electron chi connectivity index (χ2n) is 3.93. The highest BCUT2D eigenvalue weighted by Crippen LogP contribution is 2.39. The van der Waals surface area contributed by atoms with Gasteiger partial charge in [-0.2, -0.15) is 0 Å². The predicted octanol–water partition coefficient (Wildman–Crippen LogP) is 3.10. The van der Waals surface area contributed by atoms with Crippen molar-refractivity contribution in [3.05, 3.63) is 30.4 Å². The zero-order chi connectivity index (χ0) is 13.5. The van der Waals surface area contributed by atoms with Crippen LogP contribution in [-0.2, 0) is 0 Å². The fraction of sp³-hybridized carbons (Fsp3) is 0.429. The van der Waals surface area contributed by atoms with Crippen LogP contribution in [-0.4, -0.2) is 21.3 Å². The lowest BCUT2D eigenvalue weighted by Crippen LogP contribution is -2.10. The molecule has 0 aliphatic carbocycles. The summed E-state index contributed by atoms with van der Waals surface area (Å²) in [6.07, 6.45) is 3.57. The van der Waals surface area contributed by atoms with Crippen molar-refractivity contribution in [3.63, 3.8) is 0 Å². The maximum atomic E-state index is 6.12. The van der Waals surface area contributed by atoms with E-state index in [0.717, 1.165) is 18.4 Å². The van der Waals surface area contributed by atoms with E-state index in [1.165, 1.54) is 0 Å². The molecule has 1 atom stereocenters. The van der Waals surface area contributed by atoms with E-state index < -0.39 is 0 Å². The van der Waals surface area contributed by atoms with Gasteiger partial charge < -0.3 is 19.9 Å². The molecular weight excluding hydrogens is 266 g/mol. The minimum absolute atomic E-state index is 0. The zero-order valence-corrected chi connectivity index (χ0v) is 12.5. The highest BCUT2D eigenvalue weighted by molar-refractivity contribution is 5.85. The quantitative estimate of drug-likeness (QED) is 0.783. The maximum Gasteiger partial charge on any atom is 0.203 e. The molecule has 108 valence electrons. The van der Waals surface area contributed by atoms with Crippen LogP contribution in [0.25, 0.3) is 0 Å². The van der Waals surface area contributed by atoms with E-state index in [9.17, 15) is 0 Å². The van der Waals surface area contributed by atoms with Crippen LogP contribution in [0.2, 0.25) is 0 Å². The highest BCUT2D eigenvalue weighted by atomic mass is 35.5. The summed E-state index contributed by atoms with van der Waals surface area (Å²) in [6.45, 7) is 3.70. The molecule has 2 N–H and O–H groups in total. The second-order valence-corrected chi connectivity index (χ2v) is 3.93. The summed E-state index contributed by atoms with van der Waals surface area (Å²) in [5.41, 5.74) is 7.08. The van der Waals surface area contributed by atoms with Gasteiger partial charge in [0.1, 0.15) is 0 Å². The number of ether oxygens (including phenoxy) is 3. The summed E-state index contributed by atoms with van der Waals surface area (Å²) in [5.74, 6) is 1.83. The summed E-state index contributed by atoms with van der Waals surface area (Å²) < 4.78 is 15.9. The lowest BCUT2D eigenvalue weighted by Gasteiger charge is -2.17. The van der Waals surface area contributed by atoms with E-state index in [1.807, 2.05) is 18.2 Å². The molecule has 0 saturated heterocycles. The molecule has 0 heterocycles. The summed E-state index contributed by atoms with van der Waals surface area (Å²) in [6, 6.07) is 3.70. The molecule has 0 amide bonds. The number of nitrogens with two attached hydrogens (primary N) is 1. The van der Waals surface area contributed by atoms with E-state index in [-0.39, 0.29) is 18.4 Å². The third kappa shape index (κ3) is 4.33. The van der Waals surface area contributed by atoms with Crippen molar-refractivity contribution in [1.29, 1.82) is 0 Å². The maximum absolute atomic E-state index is 6.12. The Kier molecular flexibility index (Phi) is 8.03. The Morgan fingerprint density at radius 1 is 1.16 bits per heavy atom. The van der Waals surface area contributed by atoms with Gasteiger partial charge in [-0.3, -0.25) is 0 Å². The first-order chi connectivity index (χ1) is 8.67. The van der Waals surface area contributed by atoms with Gasteiger partial charge in [0, 0.05) is 6.04 Å². The molecule has 1 aromatic carbocycles. The Hall–Kier alpha value is -1.39. The number of methoxy groups -OCH3 is 3. The Labute approximate surface area is 120 Å². The number of allylic oxidation sites excluding steroid dienone is 1. The van der Waals surface area contributed by atoms with E-state index >= 15 is 0 Å². The Morgan fingerprint density at radius 3 is 2.05 bits per heavy atom. The molecule has 19 heavy (non-hydrogen) atoms. The number of hydrogen-bond donors (Lipinski definition) is 1. The topological polar surface area (TPSA) is 53.7 Å². The zero-order valence-electron chi connectivity index (χ0n) is 11.6. The summed E-state index contributed by atoms with van der Waals surface area (Å²) >= 11 is 0. The first-order valence-corrected chi connectivity index (χ1v) is 5.84. The van der Waals surface area contributed by atoms with Gasteiger partial charge in [-0.05, 0) is 30.5 Å². The van der Waals surface area contributed by atoms with Crippen molar-refractivity contribution >= 4 is 12.4 Å². The SMILES string of the molecule is C=CCC[C@@H](N)c1cc(OC)c(OC)c(OC)c1.Cl. The van der Waals surface area contributed by atoms with Crippen LogP contribution in [0.4, 0.5) is 0 Å². The van der Waals surface area contributed by atoms with Gasteiger partial charge in [-0.25, -0.2) is 0 Å². The number of hydrogen-bond acceptors (Lipinski definition) is 4. The summed E-state index contributed by atoms with van der Waals surface area (Å²) in [4.78, 5) is 0. The monoisotopic (exact) mass is 287 g/mol. The molecule has 1 rings (SSSR count). The van der Waals surface area contributed by atoms with E-state index in [2.05, 4.69) is 6.58 Å². The number of benzene rings is 1. The van der Waals surface area contributed by atoms with Crippen LogP contribution in [0.1, 0.15) is 24.4 Å². The average Bonchev–Trinajstić information content (AvgIpc) is 2.42. The predicted molar refractivity (Wildman–Crippen MR) is 79.7 cm³/mol. The molecule has 0 unspecified atom stereocenters. The summed E-state index contributed by atoms with van der Waals surface area (Å²) in [7, 11) is 4.77. The molecule has 0 fully saturated rings. The van der Waals surface area contributed by atoms with Crippen LogP contribution in [0, 0.1) is 0 Å². The van der Waals surface area contributed by atoms with E-state index in [1.54, 1.807) is 21.3 Å². The molecular formula is C14H22ClNO3. The smallest absolute Gasteiger partial charge is 0.203 e. The number of halogens is 1. The second kappa shape index (κ2) is 8.67. The lowest BCUT2D eigenvalue weighted by atomic mass is 10.0. The third-order valence-electron chi connectivity index (χ3n) is 2.80. The largest absolute Gasteiger partial charge is 0.493 e. The van der Waals surface area contributed by atoms with Crippen molar-refractivity contribution in [2.75, 3.05) is 21.3 Å². The molecule has 4 nitrogen and oxygen atoms in total. The minimum atomic E-state index is -0.0725. The molecule has 1 aromatic rings. The van der Waals surface area contributed by atoms with E-state index in [4.69, 9.17) is 19.9 Å². The van der Waals surface area contributed by atoms with Crippen LogP contribution in [0.3, 0.4) is 0 Å². The van der Waals surface area contributed by atoms with Gasteiger partial charge in [-0.15, -0.1) is 19.0 Å². The molecule has 0 radical (unpaired) electrons. The van der Waals surface area contributed by atoms with Crippen LogP contribution < -0.4 is 19.9 Å². The van der Waals surface area contributed by atoms with Gasteiger partial charge in [0.05, 0.1) is 21.3 Å². The fourth-order valence-corrected chi connectivity index (χ4v) is 1.78. The molecule has 5 heteroatoms. The molecule has 0 aliphatic rings. The standard InChI is InChI=1S/C14H21NO3.ClH/c1-5-6-7-11(15)10-8-12(16-2)14(18-4)13(9-10)17-3;/h5,8-9,11H,1,6-7,15H2,2-4H3;1H/t11-;/m1./s1. The normalized spacial score (nSPS) is 11.2. The Morgan fingerprint density at radius 2 is 1.68 bits per heavy atom. The van der Waals surface area contributed by atoms with Crippen molar-refractivity contribution in [3.8, 4) is 17.2 Å². The molecule has 0 spiro atoms.